The smallest absolute Gasteiger partial charge is 0.159 e. The van der Waals surface area contributed by atoms with Gasteiger partial charge in [0.1, 0.15) is 5.58 Å². The first-order chi connectivity index (χ1) is 28.8. The van der Waals surface area contributed by atoms with Crippen LogP contribution in [0.2, 0.25) is 0 Å². The van der Waals surface area contributed by atoms with Crippen LogP contribution in [0.3, 0.4) is 0 Å². The molecule has 0 amide bonds. The van der Waals surface area contributed by atoms with Crippen LogP contribution in [-0.2, 0) is 0 Å². The Hall–Kier alpha value is -7.40. The van der Waals surface area contributed by atoms with E-state index < -0.39 is 0 Å². The second-order valence-electron chi connectivity index (χ2n) is 14.8. The van der Waals surface area contributed by atoms with Gasteiger partial charge in [0.2, 0.25) is 0 Å². The van der Waals surface area contributed by atoms with Gasteiger partial charge in [0.25, 0.3) is 0 Å². The van der Waals surface area contributed by atoms with Crippen molar-refractivity contribution in [2.24, 2.45) is 0 Å². The highest BCUT2D eigenvalue weighted by Crippen LogP contribution is 2.50. The summed E-state index contributed by atoms with van der Waals surface area (Å²) in [6.45, 7) is 0. The molecule has 3 nitrogen and oxygen atoms in total. The molecule has 0 aliphatic heterocycles. The van der Waals surface area contributed by atoms with Crippen LogP contribution in [0, 0.1) is 0 Å². The molecule has 3 heterocycles. The fourth-order valence-corrected chi connectivity index (χ4v) is 10.4. The highest BCUT2D eigenvalue weighted by atomic mass is 32.1. The van der Waals surface area contributed by atoms with E-state index in [2.05, 4.69) is 210 Å². The van der Waals surface area contributed by atoms with Crippen LogP contribution in [0.4, 0.5) is 17.1 Å². The number of furan rings is 1. The van der Waals surface area contributed by atoms with Gasteiger partial charge in [-0.3, -0.25) is 0 Å². The molecule has 4 heteroatoms. The average Bonchev–Trinajstić information content (AvgIpc) is 3.97. The lowest BCUT2D eigenvalue weighted by molar-refractivity contribution is 0.669. The summed E-state index contributed by atoms with van der Waals surface area (Å²) in [5.74, 6) is 0. The third kappa shape index (κ3) is 4.92. The van der Waals surface area contributed by atoms with Gasteiger partial charge < -0.3 is 13.9 Å². The lowest BCUT2D eigenvalue weighted by Gasteiger charge is -2.28. The van der Waals surface area contributed by atoms with Gasteiger partial charge in [-0.05, 0) is 54.1 Å². The monoisotopic (exact) mass is 758 g/mol. The van der Waals surface area contributed by atoms with Crippen LogP contribution in [0.15, 0.2) is 211 Å². The molecule has 0 unspecified atom stereocenters. The molecule has 0 radical (unpaired) electrons. The molecule has 9 aromatic carbocycles. The number of rotatable bonds is 6. The van der Waals surface area contributed by atoms with E-state index in [-0.39, 0.29) is 0 Å². The Balaban J connectivity index is 1.17. The minimum atomic E-state index is 0.856. The van der Waals surface area contributed by atoms with Gasteiger partial charge in [0.05, 0.1) is 33.8 Å². The van der Waals surface area contributed by atoms with Crippen molar-refractivity contribution in [3.05, 3.63) is 206 Å². The fraction of sp³-hybridized carbons (Fsp3) is 0. The highest BCUT2D eigenvalue weighted by Gasteiger charge is 2.26. The number of anilines is 3. The van der Waals surface area contributed by atoms with Crippen LogP contribution >= 0.6 is 11.3 Å². The van der Waals surface area contributed by atoms with Crippen molar-refractivity contribution in [1.82, 2.24) is 4.57 Å². The molecule has 3 aromatic heterocycles. The van der Waals surface area contributed by atoms with Crippen LogP contribution in [0.5, 0.6) is 0 Å². The van der Waals surface area contributed by atoms with E-state index >= 15 is 0 Å². The quantitative estimate of drug-likeness (QED) is 0.168. The normalized spacial score (nSPS) is 11.8. The van der Waals surface area contributed by atoms with Crippen molar-refractivity contribution in [3.63, 3.8) is 0 Å². The molecule has 0 aliphatic rings. The minimum Gasteiger partial charge on any atom is -0.454 e. The molecule has 12 rings (SSSR count). The van der Waals surface area contributed by atoms with Gasteiger partial charge in [0.15, 0.2) is 5.58 Å². The maximum atomic E-state index is 6.80. The highest BCUT2D eigenvalue weighted by molar-refractivity contribution is 7.26. The summed E-state index contributed by atoms with van der Waals surface area (Å²) in [5.41, 5.74) is 13.0. The zero-order valence-corrected chi connectivity index (χ0v) is 32.2. The van der Waals surface area contributed by atoms with E-state index in [1.165, 1.54) is 42.1 Å². The third-order valence-corrected chi connectivity index (χ3v) is 12.8. The SMILES string of the molecule is c1ccc(-c2ccccc2N(c2cccc3c2oc2ccccc23)c2cccc3c2c2ccccc2n3-c2ccccc2-c2cccc3c2sc2ccccc23)cc1. The van der Waals surface area contributed by atoms with Crippen LogP contribution < -0.4 is 4.90 Å². The number of hydrogen-bond donors (Lipinski definition) is 0. The molecule has 58 heavy (non-hydrogen) atoms. The van der Waals surface area contributed by atoms with Crippen molar-refractivity contribution >= 4 is 92.3 Å². The maximum absolute atomic E-state index is 6.80. The van der Waals surface area contributed by atoms with E-state index in [1.807, 2.05) is 17.4 Å². The first-order valence-corrected chi connectivity index (χ1v) is 20.5. The van der Waals surface area contributed by atoms with Crippen molar-refractivity contribution in [3.8, 4) is 27.9 Å². The second kappa shape index (κ2) is 13.1. The summed E-state index contributed by atoms with van der Waals surface area (Å²) >= 11 is 1.87. The van der Waals surface area contributed by atoms with Gasteiger partial charge in [-0.1, -0.05) is 158 Å². The molecular weight excluding hydrogens is 725 g/mol. The summed E-state index contributed by atoms with van der Waals surface area (Å²) in [7, 11) is 0. The zero-order chi connectivity index (χ0) is 38.2. The van der Waals surface area contributed by atoms with Gasteiger partial charge in [0, 0.05) is 58.4 Å². The molecular formula is C54H34N2OS. The number of benzene rings is 9. The van der Waals surface area contributed by atoms with Crippen molar-refractivity contribution in [2.45, 2.75) is 0 Å². The molecule has 272 valence electrons. The Morgan fingerprint density at radius 3 is 1.91 bits per heavy atom. The van der Waals surface area contributed by atoms with Gasteiger partial charge in [-0.15, -0.1) is 11.3 Å². The van der Waals surface area contributed by atoms with E-state index in [9.17, 15) is 0 Å². The van der Waals surface area contributed by atoms with Crippen molar-refractivity contribution in [1.29, 1.82) is 0 Å². The lowest BCUT2D eigenvalue weighted by Crippen LogP contribution is -2.12. The Morgan fingerprint density at radius 1 is 0.397 bits per heavy atom. The largest absolute Gasteiger partial charge is 0.454 e. The first-order valence-electron chi connectivity index (χ1n) is 19.7. The van der Waals surface area contributed by atoms with Crippen LogP contribution in [0.1, 0.15) is 0 Å². The average molecular weight is 759 g/mol. The molecule has 0 fully saturated rings. The van der Waals surface area contributed by atoms with Crippen molar-refractivity contribution < 1.29 is 4.42 Å². The van der Waals surface area contributed by atoms with Crippen LogP contribution in [-0.4, -0.2) is 4.57 Å². The standard InChI is InChI=1S/C54H34N2OS/c1-2-17-35(18-3-1)36-19-4-9-27-44(36)56(49-32-15-24-40-38-21-7-12-33-50(38)57-53(40)49)48-31-16-30-47-52(48)43-23-6-11-29-46(43)55(47)45-28-10-5-20-37(45)41-25-14-26-42-39-22-8-13-34-51(39)58-54(41)42/h1-34H. The number of para-hydroxylation sites is 5. The molecule has 0 N–H and O–H groups in total. The van der Waals surface area contributed by atoms with E-state index in [0.717, 1.165) is 66.8 Å². The van der Waals surface area contributed by atoms with Gasteiger partial charge in [-0.25, -0.2) is 0 Å². The maximum Gasteiger partial charge on any atom is 0.159 e. The van der Waals surface area contributed by atoms with Crippen molar-refractivity contribution in [2.75, 3.05) is 4.90 Å². The van der Waals surface area contributed by atoms with Gasteiger partial charge in [-0.2, -0.15) is 0 Å². The predicted molar refractivity (Wildman–Crippen MR) is 247 cm³/mol. The molecule has 0 aliphatic carbocycles. The Labute approximate surface area is 338 Å². The molecule has 0 bridgehead atoms. The molecule has 0 saturated carbocycles. The molecule has 0 atom stereocenters. The van der Waals surface area contributed by atoms with Gasteiger partial charge >= 0.3 is 0 Å². The summed E-state index contributed by atoms with van der Waals surface area (Å²) in [6.07, 6.45) is 0. The summed E-state index contributed by atoms with van der Waals surface area (Å²) in [5, 5.41) is 7.15. The minimum absolute atomic E-state index is 0.856. The van der Waals surface area contributed by atoms with Crippen LogP contribution in [0.25, 0.3) is 91.9 Å². The lowest BCUT2D eigenvalue weighted by atomic mass is 10.0. The van der Waals surface area contributed by atoms with E-state index in [0.29, 0.717) is 0 Å². The number of nitrogens with zero attached hydrogens (tertiary/aromatic N) is 2. The first kappa shape index (κ1) is 32.8. The molecule has 0 spiro atoms. The fourth-order valence-electron chi connectivity index (χ4n) is 9.13. The summed E-state index contributed by atoms with van der Waals surface area (Å²) in [6, 6.07) is 74.3. The Morgan fingerprint density at radius 2 is 1.00 bits per heavy atom. The third-order valence-electron chi connectivity index (χ3n) is 11.6. The second-order valence-corrected chi connectivity index (χ2v) is 15.8. The summed E-state index contributed by atoms with van der Waals surface area (Å²) in [4.78, 5) is 2.43. The number of aromatic nitrogens is 1. The topological polar surface area (TPSA) is 21.3 Å². The number of thiophene rings is 1. The number of hydrogen-bond acceptors (Lipinski definition) is 3. The van der Waals surface area contributed by atoms with E-state index in [1.54, 1.807) is 0 Å². The number of fused-ring (bicyclic) bond motifs is 9. The summed E-state index contributed by atoms with van der Waals surface area (Å²) < 4.78 is 11.9. The Kier molecular flexibility index (Phi) is 7.40. The molecule has 12 aromatic rings. The predicted octanol–water partition coefficient (Wildman–Crippen LogP) is 15.9. The zero-order valence-electron chi connectivity index (χ0n) is 31.3. The molecule has 0 saturated heterocycles. The van der Waals surface area contributed by atoms with E-state index in [4.69, 9.17) is 4.42 Å². The Bertz CT molecular complexity index is 3540.